The Morgan fingerprint density at radius 3 is 3.05 bits per heavy atom. The van der Waals surface area contributed by atoms with E-state index in [1.165, 1.54) is 0 Å². The summed E-state index contributed by atoms with van der Waals surface area (Å²) in [6, 6.07) is 7.15. The number of nitrogens with zero attached hydrogens (tertiary/aromatic N) is 1. The van der Waals surface area contributed by atoms with Crippen LogP contribution in [0.25, 0.3) is 0 Å². The van der Waals surface area contributed by atoms with E-state index in [1.54, 1.807) is 23.1 Å². The molecule has 21 heavy (non-hydrogen) atoms. The van der Waals surface area contributed by atoms with Gasteiger partial charge in [0.2, 0.25) is 5.91 Å². The molecule has 1 aromatic carbocycles. The van der Waals surface area contributed by atoms with Crippen molar-refractivity contribution in [3.63, 3.8) is 0 Å². The number of rotatable bonds is 5. The first-order valence-electron chi connectivity index (χ1n) is 7.04. The van der Waals surface area contributed by atoms with Gasteiger partial charge < -0.3 is 15.0 Å². The van der Waals surface area contributed by atoms with E-state index in [2.05, 4.69) is 5.32 Å². The van der Waals surface area contributed by atoms with E-state index in [4.69, 9.17) is 16.3 Å². The molecule has 0 bridgehead atoms. The van der Waals surface area contributed by atoms with Crippen LogP contribution >= 0.6 is 11.6 Å². The number of benzene rings is 1. The second-order valence-corrected chi connectivity index (χ2v) is 5.41. The lowest BCUT2D eigenvalue weighted by atomic mass is 10.2. The highest BCUT2D eigenvalue weighted by Gasteiger charge is 2.27. The summed E-state index contributed by atoms with van der Waals surface area (Å²) < 4.78 is 5.46. The topological polar surface area (TPSA) is 58.6 Å². The molecule has 0 aromatic heterocycles. The van der Waals surface area contributed by atoms with Gasteiger partial charge in [0.1, 0.15) is 6.61 Å². The third-order valence-corrected chi connectivity index (χ3v) is 3.49. The smallest absolute Gasteiger partial charge is 0.253 e. The summed E-state index contributed by atoms with van der Waals surface area (Å²) in [6.45, 7) is 2.78. The molecule has 0 saturated carbocycles. The fraction of sp³-hybridized carbons (Fsp3) is 0.467. The predicted octanol–water partition coefficient (Wildman–Crippen LogP) is 1.99. The molecule has 6 heteroatoms. The molecule has 1 fully saturated rings. The van der Waals surface area contributed by atoms with Gasteiger partial charge in [-0.15, -0.1) is 0 Å². The van der Waals surface area contributed by atoms with Gasteiger partial charge in [0.25, 0.3) is 5.91 Å². The molecule has 0 radical (unpaired) electrons. The van der Waals surface area contributed by atoms with Gasteiger partial charge in [0, 0.05) is 23.7 Å². The molecule has 0 aliphatic carbocycles. The van der Waals surface area contributed by atoms with E-state index in [9.17, 15) is 9.59 Å². The van der Waals surface area contributed by atoms with E-state index >= 15 is 0 Å². The molecule has 114 valence electrons. The van der Waals surface area contributed by atoms with Crippen LogP contribution in [0.1, 0.15) is 19.8 Å². The lowest BCUT2D eigenvalue weighted by molar-refractivity contribution is -0.129. The first kappa shape index (κ1) is 15.8. The van der Waals surface area contributed by atoms with Gasteiger partial charge in [0.15, 0.2) is 0 Å². The molecule has 1 heterocycles. The molecular weight excluding hydrogens is 292 g/mol. The number of anilines is 1. The van der Waals surface area contributed by atoms with E-state index in [0.717, 1.165) is 12.1 Å². The number of morpholine rings is 1. The zero-order valence-corrected chi connectivity index (χ0v) is 12.7. The number of amides is 2. The summed E-state index contributed by atoms with van der Waals surface area (Å²) in [5.74, 6) is -0.0966. The zero-order valence-electron chi connectivity index (χ0n) is 12.0. The Bertz CT molecular complexity index is 521. The maximum absolute atomic E-state index is 12.0. The van der Waals surface area contributed by atoms with Crippen molar-refractivity contribution in [1.82, 2.24) is 5.32 Å². The molecule has 2 rings (SSSR count). The van der Waals surface area contributed by atoms with E-state index in [0.29, 0.717) is 24.5 Å². The fourth-order valence-corrected chi connectivity index (χ4v) is 2.37. The van der Waals surface area contributed by atoms with Crippen molar-refractivity contribution in [3.8, 4) is 0 Å². The standard InChI is InChI=1S/C15H19ClN2O3/c1-2-4-14(19)17-8-13-9-18(15(20)10-21-13)12-6-3-5-11(16)7-12/h3,5-7,13H,2,4,8-10H2,1H3,(H,17,19). The number of carbonyl (C=O) groups is 2. The molecule has 1 aromatic rings. The minimum Gasteiger partial charge on any atom is -0.365 e. The van der Waals surface area contributed by atoms with Gasteiger partial charge in [0.05, 0.1) is 12.6 Å². The van der Waals surface area contributed by atoms with E-state index < -0.39 is 0 Å². The van der Waals surface area contributed by atoms with Gasteiger partial charge in [-0.3, -0.25) is 9.59 Å². The van der Waals surface area contributed by atoms with Crippen LogP contribution in [0.4, 0.5) is 5.69 Å². The van der Waals surface area contributed by atoms with Crippen LogP contribution in [0.15, 0.2) is 24.3 Å². The summed E-state index contributed by atoms with van der Waals surface area (Å²) >= 11 is 5.96. The minimum absolute atomic E-state index is 0.00676. The van der Waals surface area contributed by atoms with Gasteiger partial charge in [-0.2, -0.15) is 0 Å². The van der Waals surface area contributed by atoms with Gasteiger partial charge in [-0.1, -0.05) is 24.6 Å². The Kier molecular flexibility index (Phi) is 5.59. The third kappa shape index (κ3) is 4.44. The summed E-state index contributed by atoms with van der Waals surface area (Å²) in [5.41, 5.74) is 0.751. The molecule has 1 aliphatic heterocycles. The lowest BCUT2D eigenvalue weighted by Gasteiger charge is -2.33. The molecule has 1 N–H and O–H groups in total. The molecule has 2 amide bonds. The highest BCUT2D eigenvalue weighted by molar-refractivity contribution is 6.30. The van der Waals surface area contributed by atoms with Crippen LogP contribution < -0.4 is 10.2 Å². The lowest BCUT2D eigenvalue weighted by Crippen LogP contribution is -2.50. The molecule has 5 nitrogen and oxygen atoms in total. The number of ether oxygens (including phenoxy) is 1. The van der Waals surface area contributed by atoms with Gasteiger partial charge in [-0.25, -0.2) is 0 Å². The van der Waals surface area contributed by atoms with Crippen molar-refractivity contribution in [2.75, 3.05) is 24.6 Å². The Labute approximate surface area is 129 Å². The first-order chi connectivity index (χ1) is 10.1. The number of carbonyl (C=O) groups excluding carboxylic acids is 2. The molecular formula is C15H19ClN2O3. The Hall–Kier alpha value is -1.59. The highest BCUT2D eigenvalue weighted by Crippen LogP contribution is 2.22. The Morgan fingerprint density at radius 2 is 2.33 bits per heavy atom. The van der Waals surface area contributed by atoms with Crippen LogP contribution in [0, 0.1) is 0 Å². The van der Waals surface area contributed by atoms with E-state index in [1.807, 2.05) is 13.0 Å². The third-order valence-electron chi connectivity index (χ3n) is 3.25. The van der Waals surface area contributed by atoms with Crippen molar-refractivity contribution in [2.45, 2.75) is 25.9 Å². The summed E-state index contributed by atoms with van der Waals surface area (Å²) in [6.07, 6.45) is 1.11. The summed E-state index contributed by atoms with van der Waals surface area (Å²) in [4.78, 5) is 25.1. The predicted molar refractivity (Wildman–Crippen MR) is 81.5 cm³/mol. The zero-order chi connectivity index (χ0) is 15.2. The number of hydrogen-bond donors (Lipinski definition) is 1. The number of hydrogen-bond acceptors (Lipinski definition) is 3. The van der Waals surface area contributed by atoms with E-state index in [-0.39, 0.29) is 24.5 Å². The fourth-order valence-electron chi connectivity index (χ4n) is 2.19. The molecule has 0 spiro atoms. The highest BCUT2D eigenvalue weighted by atomic mass is 35.5. The van der Waals surface area contributed by atoms with Crippen molar-refractivity contribution < 1.29 is 14.3 Å². The second kappa shape index (κ2) is 7.43. The average Bonchev–Trinajstić information content (AvgIpc) is 2.46. The summed E-state index contributed by atoms with van der Waals surface area (Å²) in [7, 11) is 0. The molecule has 1 unspecified atom stereocenters. The van der Waals surface area contributed by atoms with Crippen LogP contribution in [-0.2, 0) is 14.3 Å². The Balaban J connectivity index is 1.96. The molecule has 1 atom stereocenters. The monoisotopic (exact) mass is 310 g/mol. The van der Waals surface area contributed by atoms with Crippen LogP contribution in [-0.4, -0.2) is 37.6 Å². The van der Waals surface area contributed by atoms with Crippen molar-refractivity contribution >= 4 is 29.1 Å². The minimum atomic E-state index is -0.206. The normalized spacial score (nSPS) is 18.7. The van der Waals surface area contributed by atoms with Crippen molar-refractivity contribution in [3.05, 3.63) is 29.3 Å². The van der Waals surface area contributed by atoms with Crippen LogP contribution in [0.2, 0.25) is 5.02 Å². The van der Waals surface area contributed by atoms with Gasteiger partial charge in [-0.05, 0) is 24.6 Å². The van der Waals surface area contributed by atoms with Gasteiger partial charge >= 0.3 is 0 Å². The molecule has 1 saturated heterocycles. The van der Waals surface area contributed by atoms with Crippen molar-refractivity contribution in [2.24, 2.45) is 0 Å². The second-order valence-electron chi connectivity index (χ2n) is 4.97. The average molecular weight is 311 g/mol. The quantitative estimate of drug-likeness (QED) is 0.905. The van der Waals surface area contributed by atoms with Crippen LogP contribution in [0.5, 0.6) is 0 Å². The number of halogens is 1. The Morgan fingerprint density at radius 1 is 1.52 bits per heavy atom. The van der Waals surface area contributed by atoms with Crippen LogP contribution in [0.3, 0.4) is 0 Å². The van der Waals surface area contributed by atoms with Crippen molar-refractivity contribution in [1.29, 1.82) is 0 Å². The maximum atomic E-state index is 12.0. The SMILES string of the molecule is CCCC(=O)NCC1CN(c2cccc(Cl)c2)C(=O)CO1. The first-order valence-corrected chi connectivity index (χ1v) is 7.42. The molecule has 1 aliphatic rings. The largest absolute Gasteiger partial charge is 0.365 e. The summed E-state index contributed by atoms with van der Waals surface area (Å²) in [5, 5.41) is 3.41. The number of nitrogens with one attached hydrogen (secondary N) is 1. The maximum Gasteiger partial charge on any atom is 0.253 e.